The molecule has 0 bridgehead atoms. The number of aromatic nitrogens is 3. The third kappa shape index (κ3) is 2.46. The lowest BCUT2D eigenvalue weighted by molar-refractivity contribution is 0.154. The number of H-pyrrole nitrogens is 1. The maximum Gasteiger partial charge on any atom is 0.160 e. The van der Waals surface area contributed by atoms with Crippen molar-refractivity contribution in [1.29, 1.82) is 0 Å². The number of nitrogens with one attached hydrogen (secondary N) is 1. The first-order valence-corrected chi connectivity index (χ1v) is 7.81. The van der Waals surface area contributed by atoms with Crippen molar-refractivity contribution in [2.45, 2.75) is 5.92 Å². The molecule has 1 aromatic carbocycles. The maximum atomic E-state index is 10.0. The Morgan fingerprint density at radius 1 is 1.26 bits per heavy atom. The van der Waals surface area contributed by atoms with Gasteiger partial charge in [-0.3, -0.25) is 0 Å². The number of nitrogens with two attached hydrogens (primary N) is 1. The van der Waals surface area contributed by atoms with Gasteiger partial charge in [0.2, 0.25) is 0 Å². The van der Waals surface area contributed by atoms with Gasteiger partial charge in [0.25, 0.3) is 0 Å². The Morgan fingerprint density at radius 2 is 2.09 bits per heavy atom. The molecule has 1 aliphatic rings. The molecule has 3 aromatic rings. The summed E-state index contributed by atoms with van der Waals surface area (Å²) in [6.45, 7) is 3.70. The van der Waals surface area contributed by atoms with Crippen molar-refractivity contribution in [1.82, 2.24) is 20.1 Å². The third-order valence-electron chi connectivity index (χ3n) is 4.49. The van der Waals surface area contributed by atoms with Crippen molar-refractivity contribution in [3.63, 3.8) is 0 Å². The molecule has 2 aromatic heterocycles. The normalized spacial score (nSPS) is 15.9. The largest absolute Gasteiger partial charge is 0.507 e. The van der Waals surface area contributed by atoms with Crippen LogP contribution in [0.5, 0.6) is 5.75 Å². The van der Waals surface area contributed by atoms with Crippen LogP contribution in [0.3, 0.4) is 0 Å². The molecule has 23 heavy (non-hydrogen) atoms. The number of likely N-dealkylation sites (tertiary alicyclic amines) is 1. The monoisotopic (exact) mass is 309 g/mol. The number of fused-ring (bicyclic) bond motifs is 1. The van der Waals surface area contributed by atoms with E-state index in [-0.39, 0.29) is 5.75 Å². The molecule has 1 fully saturated rings. The topological polar surface area (TPSA) is 91.1 Å². The first kappa shape index (κ1) is 14.2. The zero-order valence-electron chi connectivity index (χ0n) is 12.7. The lowest BCUT2D eigenvalue weighted by Gasteiger charge is -2.39. The molecule has 4 rings (SSSR count). The van der Waals surface area contributed by atoms with Crippen molar-refractivity contribution >= 4 is 11.0 Å². The van der Waals surface area contributed by atoms with Crippen molar-refractivity contribution < 1.29 is 5.11 Å². The molecular weight excluding hydrogens is 290 g/mol. The molecule has 1 aliphatic heterocycles. The van der Waals surface area contributed by atoms with Crippen molar-refractivity contribution in [3.05, 3.63) is 42.1 Å². The van der Waals surface area contributed by atoms with E-state index in [0.29, 0.717) is 23.7 Å². The van der Waals surface area contributed by atoms with Gasteiger partial charge in [-0.1, -0.05) is 12.1 Å². The minimum Gasteiger partial charge on any atom is -0.507 e. The van der Waals surface area contributed by atoms with Crippen LogP contribution in [-0.4, -0.2) is 51.4 Å². The fraction of sp³-hybridized carbons (Fsp3) is 0.294. The first-order chi connectivity index (χ1) is 11.3. The summed E-state index contributed by atoms with van der Waals surface area (Å²) in [7, 11) is 0. The zero-order chi connectivity index (χ0) is 15.8. The summed E-state index contributed by atoms with van der Waals surface area (Å²) < 4.78 is 0. The van der Waals surface area contributed by atoms with Crippen LogP contribution in [0.25, 0.3) is 22.3 Å². The molecule has 1 saturated heterocycles. The fourth-order valence-electron chi connectivity index (χ4n) is 3.23. The number of hydrogen-bond donors (Lipinski definition) is 3. The molecule has 118 valence electrons. The van der Waals surface area contributed by atoms with Crippen LogP contribution in [0.15, 0.2) is 36.5 Å². The van der Waals surface area contributed by atoms with E-state index in [0.717, 1.165) is 30.7 Å². The van der Waals surface area contributed by atoms with Crippen LogP contribution in [0.2, 0.25) is 0 Å². The molecule has 6 nitrogen and oxygen atoms in total. The van der Waals surface area contributed by atoms with Gasteiger partial charge >= 0.3 is 0 Å². The van der Waals surface area contributed by atoms with Crippen LogP contribution in [0.4, 0.5) is 0 Å². The number of para-hydroxylation sites is 1. The van der Waals surface area contributed by atoms with Crippen molar-refractivity contribution in [2.24, 2.45) is 5.73 Å². The molecular formula is C17H19N5O. The fourth-order valence-corrected chi connectivity index (χ4v) is 3.23. The second-order valence-electron chi connectivity index (χ2n) is 6.00. The average molecular weight is 309 g/mol. The Hall–Kier alpha value is -2.44. The standard InChI is InChI=1S/C17H19N5O/c18-5-6-22-9-11(10-22)14-8-19-17-13(14)7-15(20-21-17)12-3-1-2-4-16(12)23/h1-4,7-8,11,23H,5-6,9-10,18H2,(H,19,21). The van der Waals surface area contributed by atoms with Gasteiger partial charge in [-0.15, -0.1) is 10.2 Å². The first-order valence-electron chi connectivity index (χ1n) is 7.81. The molecule has 0 spiro atoms. The number of hydrogen-bond acceptors (Lipinski definition) is 5. The van der Waals surface area contributed by atoms with E-state index in [1.807, 2.05) is 24.4 Å². The van der Waals surface area contributed by atoms with Crippen LogP contribution < -0.4 is 5.73 Å². The zero-order valence-corrected chi connectivity index (χ0v) is 12.7. The van der Waals surface area contributed by atoms with Gasteiger partial charge in [-0.25, -0.2) is 0 Å². The molecule has 3 heterocycles. The maximum absolute atomic E-state index is 10.0. The van der Waals surface area contributed by atoms with E-state index in [2.05, 4.69) is 20.1 Å². The molecule has 0 unspecified atom stereocenters. The van der Waals surface area contributed by atoms with Gasteiger partial charge in [-0.05, 0) is 23.8 Å². The highest BCUT2D eigenvalue weighted by atomic mass is 16.3. The van der Waals surface area contributed by atoms with Crippen molar-refractivity contribution in [2.75, 3.05) is 26.2 Å². The van der Waals surface area contributed by atoms with E-state index in [1.165, 1.54) is 5.56 Å². The van der Waals surface area contributed by atoms with E-state index < -0.39 is 0 Å². The Kier molecular flexibility index (Phi) is 3.48. The quantitative estimate of drug-likeness (QED) is 0.682. The van der Waals surface area contributed by atoms with Gasteiger partial charge in [0.05, 0.1) is 5.69 Å². The highest BCUT2D eigenvalue weighted by Gasteiger charge is 2.29. The lowest BCUT2D eigenvalue weighted by atomic mass is 9.91. The van der Waals surface area contributed by atoms with E-state index in [4.69, 9.17) is 5.73 Å². The molecule has 0 aliphatic carbocycles. The second kappa shape index (κ2) is 5.64. The minimum atomic E-state index is 0.219. The number of aromatic hydroxyl groups is 1. The summed E-state index contributed by atoms with van der Waals surface area (Å²) in [6, 6.07) is 9.21. The van der Waals surface area contributed by atoms with Crippen LogP contribution in [0.1, 0.15) is 11.5 Å². The van der Waals surface area contributed by atoms with Crippen molar-refractivity contribution in [3.8, 4) is 17.0 Å². The molecule has 4 N–H and O–H groups in total. The number of rotatable bonds is 4. The minimum absolute atomic E-state index is 0.219. The Bertz CT molecular complexity index is 838. The van der Waals surface area contributed by atoms with E-state index in [9.17, 15) is 5.11 Å². The predicted molar refractivity (Wildman–Crippen MR) is 89.2 cm³/mol. The summed E-state index contributed by atoms with van der Waals surface area (Å²) in [5.74, 6) is 0.715. The SMILES string of the molecule is NCCN1CC(c2c[nH]c3nnc(-c4ccccc4O)cc23)C1. The Balaban J connectivity index is 1.69. The number of nitrogens with zero attached hydrogens (tertiary/aromatic N) is 3. The van der Waals surface area contributed by atoms with Gasteiger partial charge < -0.3 is 20.7 Å². The summed E-state index contributed by atoms with van der Waals surface area (Å²) in [4.78, 5) is 5.55. The number of aromatic amines is 1. The molecule has 0 atom stereocenters. The number of benzene rings is 1. The van der Waals surface area contributed by atoms with Gasteiger partial charge in [-0.2, -0.15) is 0 Å². The number of phenols is 1. The molecule has 6 heteroatoms. The van der Waals surface area contributed by atoms with Crippen LogP contribution in [-0.2, 0) is 0 Å². The van der Waals surface area contributed by atoms with E-state index in [1.54, 1.807) is 12.1 Å². The summed E-state index contributed by atoms with van der Waals surface area (Å²) in [5, 5.41) is 19.6. The molecule has 0 radical (unpaired) electrons. The van der Waals surface area contributed by atoms with Crippen LogP contribution in [0, 0.1) is 0 Å². The highest BCUT2D eigenvalue weighted by Crippen LogP contribution is 2.34. The van der Waals surface area contributed by atoms with E-state index >= 15 is 0 Å². The Morgan fingerprint density at radius 3 is 2.87 bits per heavy atom. The highest BCUT2D eigenvalue weighted by molar-refractivity contribution is 5.84. The predicted octanol–water partition coefficient (Wildman–Crippen LogP) is 1.69. The summed E-state index contributed by atoms with van der Waals surface area (Å²) >= 11 is 0. The summed E-state index contributed by atoms with van der Waals surface area (Å²) in [5.41, 5.74) is 9.05. The van der Waals surface area contributed by atoms with Gasteiger partial charge in [0.15, 0.2) is 5.65 Å². The average Bonchev–Trinajstić information content (AvgIpc) is 2.93. The Labute approximate surface area is 133 Å². The number of phenolic OH excluding ortho intramolecular Hbond substituents is 1. The van der Waals surface area contributed by atoms with Gasteiger partial charge in [0, 0.05) is 49.2 Å². The smallest absolute Gasteiger partial charge is 0.160 e. The van der Waals surface area contributed by atoms with Gasteiger partial charge in [0.1, 0.15) is 5.75 Å². The molecule has 0 saturated carbocycles. The summed E-state index contributed by atoms with van der Waals surface area (Å²) in [6.07, 6.45) is 2.03. The third-order valence-corrected chi connectivity index (χ3v) is 4.49. The molecule has 0 amide bonds. The second-order valence-corrected chi connectivity index (χ2v) is 6.00. The van der Waals surface area contributed by atoms with Crippen LogP contribution >= 0.6 is 0 Å². The lowest BCUT2D eigenvalue weighted by Crippen LogP contribution is -2.46.